The highest BCUT2D eigenvalue weighted by Gasteiger charge is 2.25. The Labute approximate surface area is 250 Å². The van der Waals surface area contributed by atoms with Crippen LogP contribution in [0.3, 0.4) is 0 Å². The van der Waals surface area contributed by atoms with Crippen LogP contribution in [-0.2, 0) is 21.8 Å². The number of rotatable bonds is 9. The SMILES string of the molecule is CC(C)CN(C)Cc1ccc2c(c1)OCCC2NC(=O)CC(N=S(=O)=O)c1ccccc1.c1ccc2ccccc2c1. The number of amides is 1. The maximum absolute atomic E-state index is 12.8. The molecule has 220 valence electrons. The van der Waals surface area contributed by atoms with Crippen LogP contribution in [0.5, 0.6) is 5.75 Å². The summed E-state index contributed by atoms with van der Waals surface area (Å²) in [7, 11) is -0.493. The van der Waals surface area contributed by atoms with Gasteiger partial charge in [-0.3, -0.25) is 4.79 Å². The molecule has 0 saturated carbocycles. The molecule has 2 atom stereocenters. The van der Waals surface area contributed by atoms with Crippen molar-refractivity contribution in [1.29, 1.82) is 0 Å². The molecule has 5 rings (SSSR count). The van der Waals surface area contributed by atoms with Gasteiger partial charge >= 0.3 is 10.5 Å². The second-order valence-electron chi connectivity index (χ2n) is 11.0. The Morgan fingerprint density at radius 3 is 2.17 bits per heavy atom. The fourth-order valence-electron chi connectivity index (χ4n) is 5.24. The molecule has 0 aliphatic carbocycles. The Hall–Kier alpha value is -4.01. The number of carbonyl (C=O) groups is 1. The van der Waals surface area contributed by atoms with Crippen molar-refractivity contribution in [2.45, 2.75) is 45.3 Å². The zero-order chi connectivity index (χ0) is 29.9. The molecule has 0 radical (unpaired) electrons. The molecule has 4 aromatic carbocycles. The monoisotopic (exact) mass is 585 g/mol. The molecule has 42 heavy (non-hydrogen) atoms. The summed E-state index contributed by atoms with van der Waals surface area (Å²) in [5, 5.41) is 5.66. The third-order valence-electron chi connectivity index (χ3n) is 7.02. The van der Waals surface area contributed by atoms with Crippen LogP contribution in [0.4, 0.5) is 0 Å². The van der Waals surface area contributed by atoms with Gasteiger partial charge in [-0.2, -0.15) is 12.8 Å². The highest BCUT2D eigenvalue weighted by Crippen LogP contribution is 2.33. The van der Waals surface area contributed by atoms with E-state index >= 15 is 0 Å². The van der Waals surface area contributed by atoms with Crippen molar-refractivity contribution in [3.05, 3.63) is 114 Å². The molecular formula is C34H39N3O4S. The van der Waals surface area contributed by atoms with Crippen LogP contribution in [0.1, 0.15) is 55.5 Å². The van der Waals surface area contributed by atoms with Crippen LogP contribution in [0.2, 0.25) is 0 Å². The second kappa shape index (κ2) is 15.3. The first-order valence-corrected chi connectivity index (χ1v) is 15.3. The van der Waals surface area contributed by atoms with Crippen LogP contribution in [0.25, 0.3) is 10.8 Å². The number of ether oxygens (including phenoxy) is 1. The molecule has 7 nitrogen and oxygen atoms in total. The summed E-state index contributed by atoms with van der Waals surface area (Å²) in [6.07, 6.45) is 0.620. The Morgan fingerprint density at radius 1 is 0.952 bits per heavy atom. The van der Waals surface area contributed by atoms with Gasteiger partial charge in [0.05, 0.1) is 19.1 Å². The number of nitrogens with one attached hydrogen (secondary N) is 1. The van der Waals surface area contributed by atoms with Gasteiger partial charge in [0.1, 0.15) is 11.8 Å². The molecule has 1 N–H and O–H groups in total. The average molecular weight is 586 g/mol. The van der Waals surface area contributed by atoms with E-state index in [1.165, 1.54) is 16.3 Å². The Kier molecular flexibility index (Phi) is 11.3. The maximum Gasteiger partial charge on any atom is 0.311 e. The van der Waals surface area contributed by atoms with E-state index in [0.29, 0.717) is 24.5 Å². The zero-order valence-corrected chi connectivity index (χ0v) is 25.3. The van der Waals surface area contributed by atoms with Crippen LogP contribution >= 0.6 is 0 Å². The van der Waals surface area contributed by atoms with Gasteiger partial charge in [-0.25, -0.2) is 0 Å². The third kappa shape index (κ3) is 9.26. The van der Waals surface area contributed by atoms with E-state index in [1.807, 2.05) is 18.2 Å². The lowest BCUT2D eigenvalue weighted by Crippen LogP contribution is -2.33. The summed E-state index contributed by atoms with van der Waals surface area (Å²) >= 11 is 0. The fraction of sp³-hybridized carbons (Fsp3) is 0.324. The van der Waals surface area contributed by atoms with Crippen LogP contribution < -0.4 is 10.1 Å². The summed E-state index contributed by atoms with van der Waals surface area (Å²) in [6.45, 7) is 6.76. The number of carbonyl (C=O) groups excluding carboxylic acids is 1. The highest BCUT2D eigenvalue weighted by molar-refractivity contribution is 7.61. The lowest BCUT2D eigenvalue weighted by molar-refractivity contribution is -0.122. The number of benzene rings is 4. The van der Waals surface area contributed by atoms with Crippen molar-refractivity contribution in [1.82, 2.24) is 10.2 Å². The van der Waals surface area contributed by atoms with E-state index in [2.05, 4.69) is 90.1 Å². The molecule has 4 aromatic rings. The van der Waals surface area contributed by atoms with E-state index in [0.717, 1.165) is 24.4 Å². The predicted molar refractivity (Wildman–Crippen MR) is 168 cm³/mol. The van der Waals surface area contributed by atoms with E-state index < -0.39 is 16.5 Å². The molecule has 1 aliphatic heterocycles. The summed E-state index contributed by atoms with van der Waals surface area (Å²) in [5.74, 6) is 1.15. The summed E-state index contributed by atoms with van der Waals surface area (Å²) in [6, 6.07) is 30.9. The van der Waals surface area contributed by atoms with Gasteiger partial charge in [0.2, 0.25) is 5.91 Å². The van der Waals surface area contributed by atoms with Crippen molar-refractivity contribution in [3.8, 4) is 5.75 Å². The van der Waals surface area contributed by atoms with Crippen LogP contribution in [0.15, 0.2) is 101 Å². The fourth-order valence-corrected chi connectivity index (χ4v) is 5.64. The Balaban J connectivity index is 0.000000337. The molecule has 0 saturated heterocycles. The number of nitrogens with zero attached hydrogens (tertiary/aromatic N) is 2. The minimum absolute atomic E-state index is 0.0389. The van der Waals surface area contributed by atoms with E-state index in [1.54, 1.807) is 24.3 Å². The highest BCUT2D eigenvalue weighted by atomic mass is 32.2. The molecule has 1 amide bonds. The summed E-state index contributed by atoms with van der Waals surface area (Å²) in [5.41, 5.74) is 2.80. The summed E-state index contributed by atoms with van der Waals surface area (Å²) < 4.78 is 31.9. The molecule has 0 fully saturated rings. The maximum atomic E-state index is 12.8. The minimum Gasteiger partial charge on any atom is -0.493 e. The van der Waals surface area contributed by atoms with Crippen molar-refractivity contribution in [2.24, 2.45) is 10.3 Å². The van der Waals surface area contributed by atoms with Gasteiger partial charge < -0.3 is 15.0 Å². The van der Waals surface area contributed by atoms with Crippen LogP contribution in [-0.4, -0.2) is 39.4 Å². The average Bonchev–Trinajstić information content (AvgIpc) is 2.97. The zero-order valence-electron chi connectivity index (χ0n) is 24.4. The van der Waals surface area contributed by atoms with Gasteiger partial charge in [-0.1, -0.05) is 105 Å². The first-order chi connectivity index (χ1) is 20.3. The largest absolute Gasteiger partial charge is 0.493 e. The van der Waals surface area contributed by atoms with Gasteiger partial charge in [0, 0.05) is 25.1 Å². The molecule has 2 unspecified atom stereocenters. The minimum atomic E-state index is -2.60. The van der Waals surface area contributed by atoms with Gasteiger partial charge in [-0.05, 0) is 40.9 Å². The Bertz CT molecular complexity index is 1530. The normalized spacial score (nSPS) is 14.7. The number of fused-ring (bicyclic) bond motifs is 2. The molecule has 1 aliphatic rings. The van der Waals surface area contributed by atoms with Crippen LogP contribution in [0, 0.1) is 5.92 Å². The van der Waals surface area contributed by atoms with Gasteiger partial charge in [0.25, 0.3) is 0 Å². The second-order valence-corrected chi connectivity index (χ2v) is 11.7. The molecule has 0 spiro atoms. The smallest absolute Gasteiger partial charge is 0.311 e. The lowest BCUT2D eigenvalue weighted by atomic mass is 9.97. The topological polar surface area (TPSA) is 88.1 Å². The molecule has 1 heterocycles. The van der Waals surface area contributed by atoms with Crippen molar-refractivity contribution >= 4 is 27.2 Å². The Morgan fingerprint density at radius 2 is 1.57 bits per heavy atom. The standard InChI is InChI=1S/C24H31N3O4S.C10H8/c1-17(2)15-27(3)16-18-9-10-20-21(11-12-31-23(20)13-18)25-24(28)14-22(26-32(29)30)19-7-5-4-6-8-19;1-2-6-10-8-4-3-7-9(10)5-1/h4-10,13,17,21-22H,11-12,14-16H2,1-3H3,(H,25,28);1-8H. The summed E-state index contributed by atoms with van der Waals surface area (Å²) in [4.78, 5) is 15.1. The van der Waals surface area contributed by atoms with Crippen molar-refractivity contribution < 1.29 is 17.9 Å². The molecule has 0 aromatic heterocycles. The number of hydrogen-bond donors (Lipinski definition) is 1. The van der Waals surface area contributed by atoms with Gasteiger partial charge in [-0.15, -0.1) is 0 Å². The molecule has 8 heteroatoms. The van der Waals surface area contributed by atoms with E-state index in [9.17, 15) is 13.2 Å². The van der Waals surface area contributed by atoms with Crippen molar-refractivity contribution in [3.63, 3.8) is 0 Å². The van der Waals surface area contributed by atoms with E-state index in [-0.39, 0.29) is 18.4 Å². The lowest BCUT2D eigenvalue weighted by Gasteiger charge is -2.28. The first kappa shape index (κ1) is 30.9. The third-order valence-corrected chi connectivity index (χ3v) is 7.44. The van der Waals surface area contributed by atoms with Gasteiger partial charge in [0.15, 0.2) is 0 Å². The van der Waals surface area contributed by atoms with E-state index in [4.69, 9.17) is 4.74 Å². The first-order valence-electron chi connectivity index (χ1n) is 14.3. The molecular weight excluding hydrogens is 546 g/mol. The predicted octanol–water partition coefficient (Wildman–Crippen LogP) is 6.75. The van der Waals surface area contributed by atoms with Crippen molar-refractivity contribution in [2.75, 3.05) is 20.2 Å². The quantitative estimate of drug-likeness (QED) is 0.235. The molecule has 0 bridgehead atoms. The number of hydrogen-bond acceptors (Lipinski definition) is 6.